The molecule has 0 unspecified atom stereocenters. The molecule has 15 heavy (non-hydrogen) atoms. The van der Waals surface area contributed by atoms with Gasteiger partial charge in [-0.15, -0.1) is 0 Å². The summed E-state index contributed by atoms with van der Waals surface area (Å²) in [5.41, 5.74) is 3.54. The third kappa shape index (κ3) is 2.16. The summed E-state index contributed by atoms with van der Waals surface area (Å²) in [6.45, 7) is 4.57. The van der Waals surface area contributed by atoms with Crippen LogP contribution < -0.4 is 0 Å². The van der Waals surface area contributed by atoms with Crippen LogP contribution in [0.15, 0.2) is 6.07 Å². The molecule has 0 radical (unpaired) electrons. The van der Waals surface area contributed by atoms with Gasteiger partial charge in [0, 0.05) is 5.69 Å². The van der Waals surface area contributed by atoms with E-state index in [9.17, 15) is 5.11 Å². The highest BCUT2D eigenvalue weighted by Crippen LogP contribution is 2.36. The van der Waals surface area contributed by atoms with E-state index < -0.39 is 0 Å². The SMILES string of the molecule is CC1(C)CCc2nc(Cl)cc(CO)c2C1. The van der Waals surface area contributed by atoms with Crippen molar-refractivity contribution in [3.63, 3.8) is 0 Å². The number of hydrogen-bond acceptors (Lipinski definition) is 2. The van der Waals surface area contributed by atoms with E-state index in [-0.39, 0.29) is 6.61 Å². The van der Waals surface area contributed by atoms with Crippen LogP contribution in [0, 0.1) is 5.41 Å². The molecule has 1 aromatic heterocycles. The minimum absolute atomic E-state index is 0.0562. The Morgan fingerprint density at radius 1 is 1.53 bits per heavy atom. The predicted octanol–water partition coefficient (Wildman–Crippen LogP) is 2.74. The quantitative estimate of drug-likeness (QED) is 0.746. The fraction of sp³-hybridized carbons (Fsp3) is 0.583. The normalized spacial score (nSPS) is 18.7. The third-order valence-electron chi connectivity index (χ3n) is 3.14. The number of nitrogens with zero attached hydrogens (tertiary/aromatic N) is 1. The minimum atomic E-state index is 0.0562. The van der Waals surface area contributed by atoms with Crippen LogP contribution in [-0.4, -0.2) is 10.1 Å². The summed E-state index contributed by atoms with van der Waals surface area (Å²) in [4.78, 5) is 4.34. The highest BCUT2D eigenvalue weighted by Gasteiger charge is 2.27. The van der Waals surface area contributed by atoms with Gasteiger partial charge in [-0.3, -0.25) is 0 Å². The fourth-order valence-corrected chi connectivity index (χ4v) is 2.47. The van der Waals surface area contributed by atoms with Gasteiger partial charge in [0.25, 0.3) is 0 Å². The third-order valence-corrected chi connectivity index (χ3v) is 3.33. The van der Waals surface area contributed by atoms with Crippen LogP contribution in [0.3, 0.4) is 0 Å². The van der Waals surface area contributed by atoms with Crippen molar-refractivity contribution >= 4 is 11.6 Å². The number of aliphatic hydroxyl groups excluding tert-OH is 1. The second-order valence-corrected chi connectivity index (χ2v) is 5.42. The summed E-state index contributed by atoms with van der Waals surface area (Å²) in [6, 6.07) is 1.78. The van der Waals surface area contributed by atoms with Crippen molar-refractivity contribution in [3.05, 3.63) is 28.0 Å². The molecule has 0 aromatic carbocycles. The summed E-state index contributed by atoms with van der Waals surface area (Å²) >= 11 is 5.91. The Labute approximate surface area is 95.3 Å². The lowest BCUT2D eigenvalue weighted by Crippen LogP contribution is -2.24. The zero-order valence-corrected chi connectivity index (χ0v) is 9.93. The van der Waals surface area contributed by atoms with Crippen molar-refractivity contribution < 1.29 is 5.11 Å². The molecule has 82 valence electrons. The Kier molecular flexibility index (Phi) is 2.73. The summed E-state index contributed by atoms with van der Waals surface area (Å²) in [5.74, 6) is 0. The van der Waals surface area contributed by atoms with E-state index in [1.165, 1.54) is 5.56 Å². The average Bonchev–Trinajstić information content (AvgIpc) is 2.17. The summed E-state index contributed by atoms with van der Waals surface area (Å²) < 4.78 is 0. The first-order valence-corrected chi connectivity index (χ1v) is 5.68. The largest absolute Gasteiger partial charge is 0.392 e. The molecular formula is C12H16ClNO. The molecule has 0 bridgehead atoms. The first-order chi connectivity index (χ1) is 7.02. The highest BCUT2D eigenvalue weighted by atomic mass is 35.5. The molecule has 0 atom stereocenters. The average molecular weight is 226 g/mol. The topological polar surface area (TPSA) is 33.1 Å². The van der Waals surface area contributed by atoms with Crippen LogP contribution in [0.5, 0.6) is 0 Å². The first kappa shape index (κ1) is 10.9. The van der Waals surface area contributed by atoms with Crippen molar-refractivity contribution in [1.82, 2.24) is 4.98 Å². The maximum Gasteiger partial charge on any atom is 0.129 e. The lowest BCUT2D eigenvalue weighted by atomic mass is 9.75. The van der Waals surface area contributed by atoms with Crippen LogP contribution in [0.25, 0.3) is 0 Å². The zero-order valence-electron chi connectivity index (χ0n) is 9.18. The van der Waals surface area contributed by atoms with Gasteiger partial charge in [0.15, 0.2) is 0 Å². The van der Waals surface area contributed by atoms with Crippen LogP contribution >= 0.6 is 11.6 Å². The van der Waals surface area contributed by atoms with Gasteiger partial charge in [0.2, 0.25) is 0 Å². The van der Waals surface area contributed by atoms with Gasteiger partial charge < -0.3 is 5.11 Å². The van der Waals surface area contributed by atoms with Crippen molar-refractivity contribution in [1.29, 1.82) is 0 Å². The summed E-state index contributed by atoms with van der Waals surface area (Å²) in [6.07, 6.45) is 3.09. The Bertz CT molecular complexity index is 370. The zero-order chi connectivity index (χ0) is 11.1. The number of pyridine rings is 1. The van der Waals surface area contributed by atoms with Gasteiger partial charge in [-0.2, -0.15) is 0 Å². The first-order valence-electron chi connectivity index (χ1n) is 5.30. The molecular weight excluding hydrogens is 210 g/mol. The van der Waals surface area contributed by atoms with E-state index >= 15 is 0 Å². The Balaban J connectivity index is 2.48. The van der Waals surface area contributed by atoms with E-state index in [2.05, 4.69) is 18.8 Å². The van der Waals surface area contributed by atoms with Crippen LogP contribution in [0.1, 0.15) is 37.1 Å². The standard InChI is InChI=1S/C12H16ClNO/c1-12(2)4-3-10-9(6-12)8(7-15)5-11(13)14-10/h5,15H,3-4,6-7H2,1-2H3. The molecule has 0 amide bonds. The second kappa shape index (κ2) is 3.76. The molecule has 1 aromatic rings. The van der Waals surface area contributed by atoms with Gasteiger partial charge in [-0.1, -0.05) is 25.4 Å². The Hall–Kier alpha value is -0.600. The maximum absolute atomic E-state index is 9.30. The molecule has 0 aliphatic heterocycles. The molecule has 0 saturated carbocycles. The molecule has 0 spiro atoms. The molecule has 1 N–H and O–H groups in total. The van der Waals surface area contributed by atoms with Crippen molar-refractivity contribution in [2.75, 3.05) is 0 Å². The second-order valence-electron chi connectivity index (χ2n) is 5.03. The number of fused-ring (bicyclic) bond motifs is 1. The van der Waals surface area contributed by atoms with E-state index in [1.54, 1.807) is 6.07 Å². The number of aromatic nitrogens is 1. The molecule has 0 saturated heterocycles. The van der Waals surface area contributed by atoms with Crippen molar-refractivity contribution in [2.45, 2.75) is 39.7 Å². The molecule has 1 aliphatic rings. The van der Waals surface area contributed by atoms with Crippen molar-refractivity contribution in [3.8, 4) is 0 Å². The van der Waals surface area contributed by atoms with Gasteiger partial charge in [0.05, 0.1) is 6.61 Å². The van der Waals surface area contributed by atoms with E-state index in [4.69, 9.17) is 11.6 Å². The maximum atomic E-state index is 9.30. The van der Waals surface area contributed by atoms with E-state index in [1.807, 2.05) is 0 Å². The monoisotopic (exact) mass is 225 g/mol. The van der Waals surface area contributed by atoms with Gasteiger partial charge in [-0.05, 0) is 41.9 Å². The predicted molar refractivity (Wildman–Crippen MR) is 61.0 cm³/mol. The smallest absolute Gasteiger partial charge is 0.129 e. The highest BCUT2D eigenvalue weighted by molar-refractivity contribution is 6.29. The minimum Gasteiger partial charge on any atom is -0.392 e. The van der Waals surface area contributed by atoms with Crippen molar-refractivity contribution in [2.24, 2.45) is 5.41 Å². The fourth-order valence-electron chi connectivity index (χ4n) is 2.23. The Morgan fingerprint density at radius 3 is 2.93 bits per heavy atom. The molecule has 3 heteroatoms. The summed E-state index contributed by atoms with van der Waals surface area (Å²) in [5, 5.41) is 9.80. The number of rotatable bonds is 1. The number of aryl methyl sites for hydroxylation is 1. The molecule has 2 rings (SSSR count). The number of halogens is 1. The van der Waals surface area contributed by atoms with Gasteiger partial charge in [-0.25, -0.2) is 4.98 Å². The van der Waals surface area contributed by atoms with Crippen LogP contribution in [0.2, 0.25) is 5.15 Å². The molecule has 2 nitrogen and oxygen atoms in total. The number of aliphatic hydroxyl groups is 1. The van der Waals surface area contributed by atoms with Crippen LogP contribution in [0.4, 0.5) is 0 Å². The number of hydrogen-bond donors (Lipinski definition) is 1. The van der Waals surface area contributed by atoms with Gasteiger partial charge in [0.1, 0.15) is 5.15 Å². The lowest BCUT2D eigenvalue weighted by molar-refractivity contribution is 0.271. The molecule has 1 heterocycles. The Morgan fingerprint density at radius 2 is 2.27 bits per heavy atom. The molecule has 0 fully saturated rings. The lowest BCUT2D eigenvalue weighted by Gasteiger charge is -2.31. The van der Waals surface area contributed by atoms with E-state index in [0.717, 1.165) is 30.5 Å². The molecule has 1 aliphatic carbocycles. The summed E-state index contributed by atoms with van der Waals surface area (Å²) in [7, 11) is 0. The van der Waals surface area contributed by atoms with E-state index in [0.29, 0.717) is 10.6 Å². The van der Waals surface area contributed by atoms with Gasteiger partial charge >= 0.3 is 0 Å². The van der Waals surface area contributed by atoms with Crippen LogP contribution in [-0.2, 0) is 19.4 Å².